The molecule has 1 aliphatic carbocycles. The second kappa shape index (κ2) is 12.5. The number of nitrogens with zero attached hydrogens (tertiary/aromatic N) is 2. The average molecular weight is 706 g/mol. The third-order valence-electron chi connectivity index (χ3n) is 8.86. The number of pyridine rings is 1. The first-order chi connectivity index (χ1) is 21.2. The third-order valence-corrected chi connectivity index (χ3v) is 9.68. The number of benzene rings is 2. The van der Waals surface area contributed by atoms with Crippen LogP contribution in [0, 0.1) is 21.3 Å². The van der Waals surface area contributed by atoms with Crippen LogP contribution in [0.4, 0.5) is 5.69 Å². The van der Waals surface area contributed by atoms with Gasteiger partial charge in [0.1, 0.15) is 0 Å². The molecule has 226 valence electrons. The summed E-state index contributed by atoms with van der Waals surface area (Å²) in [6.07, 6.45) is 5.39. The molecule has 3 N–H and O–H groups in total. The van der Waals surface area contributed by atoms with Crippen LogP contribution >= 0.6 is 22.6 Å². The van der Waals surface area contributed by atoms with Crippen LogP contribution in [0.3, 0.4) is 0 Å². The van der Waals surface area contributed by atoms with Crippen molar-refractivity contribution in [3.63, 3.8) is 0 Å². The Morgan fingerprint density at radius 3 is 2.68 bits per heavy atom. The van der Waals surface area contributed by atoms with Crippen LogP contribution in [0.2, 0.25) is 0 Å². The van der Waals surface area contributed by atoms with Crippen LogP contribution in [0.15, 0.2) is 71.9 Å². The highest BCUT2D eigenvalue weighted by atomic mass is 127. The van der Waals surface area contributed by atoms with Crippen LogP contribution in [0.1, 0.15) is 37.4 Å². The van der Waals surface area contributed by atoms with E-state index in [0.29, 0.717) is 40.9 Å². The lowest BCUT2D eigenvalue weighted by Gasteiger charge is -2.30. The van der Waals surface area contributed by atoms with E-state index in [1.165, 1.54) is 24.1 Å². The number of amides is 2. The van der Waals surface area contributed by atoms with Gasteiger partial charge in [-0.1, -0.05) is 23.8 Å². The Balaban J connectivity index is 1.25. The van der Waals surface area contributed by atoms with Crippen LogP contribution in [-0.2, 0) is 14.3 Å². The van der Waals surface area contributed by atoms with Gasteiger partial charge in [-0.25, -0.2) is 0 Å². The molecule has 0 unspecified atom stereocenters. The summed E-state index contributed by atoms with van der Waals surface area (Å²) in [7, 11) is -0.177. The van der Waals surface area contributed by atoms with Crippen LogP contribution in [-0.4, -0.2) is 58.9 Å². The van der Waals surface area contributed by atoms with E-state index in [0.717, 1.165) is 28.0 Å². The summed E-state index contributed by atoms with van der Waals surface area (Å²) in [5.74, 6) is -1.22. The highest BCUT2D eigenvalue weighted by Crippen LogP contribution is 2.50. The summed E-state index contributed by atoms with van der Waals surface area (Å²) in [5.41, 5.74) is 5.46. The molecule has 0 spiro atoms. The number of rotatable bonds is 8. The number of methoxy groups -OCH3 is 1. The number of fused-ring (bicyclic) bond motifs is 3. The van der Waals surface area contributed by atoms with Gasteiger partial charge in [0, 0.05) is 12.1 Å². The van der Waals surface area contributed by atoms with Gasteiger partial charge in [-0.3, -0.25) is 19.5 Å². The largest absolute Gasteiger partial charge is 0.504 e. The number of anilines is 1. The molecule has 1 aromatic heterocycles. The number of hydrogen-bond donors (Lipinski definition) is 3. The molecule has 2 aromatic carbocycles. The first-order valence-corrected chi connectivity index (χ1v) is 15.6. The van der Waals surface area contributed by atoms with E-state index in [4.69, 9.17) is 9.47 Å². The number of hydrogen-bond acceptors (Lipinski definition) is 8. The van der Waals surface area contributed by atoms with Gasteiger partial charge in [0.05, 0.1) is 46.6 Å². The number of carbonyl (C=O) groups excluding carboxylic acids is 2. The number of phenolic OH excluding ortho intramolecular Hbond substituents is 1. The molecule has 3 aliphatic rings. The van der Waals surface area contributed by atoms with Gasteiger partial charge in [-0.2, -0.15) is 0 Å². The first kappa shape index (κ1) is 30.5. The lowest BCUT2D eigenvalue weighted by atomic mass is 9.70. The maximum Gasteiger partial charge on any atom is 0.488 e. The number of phenols is 1. The minimum absolute atomic E-state index is 0.102. The normalized spacial score (nSPS) is 23.2. The molecule has 3 heterocycles. The summed E-state index contributed by atoms with van der Waals surface area (Å²) in [4.78, 5) is 33.2. The van der Waals surface area contributed by atoms with Crippen molar-refractivity contribution in [1.29, 1.82) is 0 Å². The third kappa shape index (κ3) is 5.58. The molecule has 2 saturated heterocycles. The zero-order valence-electron chi connectivity index (χ0n) is 24.3. The molecule has 0 radical (unpaired) electrons. The summed E-state index contributed by atoms with van der Waals surface area (Å²) >= 11 is 2.08. The minimum atomic E-state index is -1.70. The standard InChI is InChI=1S/C33H32BIN2O7/c1-18-12-23-30(33(40)37(32(23)39)22-7-5-6-21(16-22)34(41)42)24-17-44-27(29(18)24)10-9-20(26-8-3-4-11-36-26)13-19-14-25(35)31(38)28(15-19)43-2/h3-8,11,13-16,23-24,27,30,38,41-42H,9-10,12,17H2,1-2H3/b20-13-/t23-,24+,27-,30-/m1/s1. The van der Waals surface area contributed by atoms with Gasteiger partial charge in [-0.05, 0) is 113 Å². The highest BCUT2D eigenvalue weighted by Gasteiger charge is 2.56. The van der Waals surface area contributed by atoms with E-state index in [1.807, 2.05) is 37.3 Å². The van der Waals surface area contributed by atoms with E-state index in [1.54, 1.807) is 24.4 Å². The molecule has 2 aliphatic heterocycles. The van der Waals surface area contributed by atoms with Gasteiger partial charge >= 0.3 is 7.12 Å². The summed E-state index contributed by atoms with van der Waals surface area (Å²) in [5, 5.41) is 29.6. The fourth-order valence-electron chi connectivity index (χ4n) is 6.86. The summed E-state index contributed by atoms with van der Waals surface area (Å²) in [6.45, 7) is 2.39. The zero-order valence-corrected chi connectivity index (χ0v) is 26.5. The lowest BCUT2D eigenvalue weighted by Crippen LogP contribution is -2.35. The fraction of sp³-hybridized carbons (Fsp3) is 0.303. The van der Waals surface area contributed by atoms with E-state index in [2.05, 4.69) is 27.6 Å². The van der Waals surface area contributed by atoms with Gasteiger partial charge < -0.3 is 24.6 Å². The Labute approximate surface area is 269 Å². The van der Waals surface area contributed by atoms with Crippen LogP contribution < -0.4 is 15.1 Å². The Hall–Kier alpha value is -3.52. The number of allylic oxidation sites excluding steroid dienone is 2. The first-order valence-electron chi connectivity index (χ1n) is 14.5. The lowest BCUT2D eigenvalue weighted by molar-refractivity contribution is -0.122. The molecule has 6 rings (SSSR count). The second-order valence-electron chi connectivity index (χ2n) is 11.5. The molecule has 0 bridgehead atoms. The molecule has 4 atom stereocenters. The Morgan fingerprint density at radius 2 is 1.95 bits per heavy atom. The molecule has 2 amide bonds. The monoisotopic (exact) mass is 706 g/mol. The van der Waals surface area contributed by atoms with Crippen molar-refractivity contribution in [2.45, 2.75) is 32.3 Å². The second-order valence-corrected chi connectivity index (χ2v) is 12.6. The van der Waals surface area contributed by atoms with E-state index >= 15 is 0 Å². The Bertz CT molecular complexity index is 1680. The Morgan fingerprint density at radius 1 is 1.14 bits per heavy atom. The minimum Gasteiger partial charge on any atom is -0.504 e. The topological polar surface area (TPSA) is 129 Å². The average Bonchev–Trinajstić information content (AvgIpc) is 3.55. The summed E-state index contributed by atoms with van der Waals surface area (Å²) in [6, 6.07) is 15.7. The number of aromatic hydroxyl groups is 1. The molecule has 11 heteroatoms. The van der Waals surface area contributed by atoms with Gasteiger partial charge in [0.15, 0.2) is 11.5 Å². The Kier molecular flexibility index (Phi) is 8.65. The molecular formula is C33H32BIN2O7. The van der Waals surface area contributed by atoms with Crippen molar-refractivity contribution in [1.82, 2.24) is 4.98 Å². The molecule has 2 fully saturated rings. The molecule has 44 heavy (non-hydrogen) atoms. The van der Waals surface area contributed by atoms with E-state index in [-0.39, 0.29) is 35.0 Å². The number of ether oxygens (including phenoxy) is 2. The SMILES string of the molecule is COc1cc(/C=C(/CC[C@H]2OC[C@H]3C2=C(C)C[C@H]2C(=O)N(c4cccc(B(O)O)c4)C(=O)[C@H]23)c2ccccn2)cc(I)c1O. The van der Waals surface area contributed by atoms with Crippen LogP contribution in [0.5, 0.6) is 11.5 Å². The van der Waals surface area contributed by atoms with Crippen molar-refractivity contribution in [3.05, 3.63) is 86.8 Å². The van der Waals surface area contributed by atoms with E-state index in [9.17, 15) is 24.7 Å². The van der Waals surface area contributed by atoms with Crippen LogP contribution in [0.25, 0.3) is 11.6 Å². The summed E-state index contributed by atoms with van der Waals surface area (Å²) < 4.78 is 12.4. The molecule has 0 saturated carbocycles. The predicted molar refractivity (Wildman–Crippen MR) is 175 cm³/mol. The fourth-order valence-corrected chi connectivity index (χ4v) is 7.48. The van der Waals surface area contributed by atoms with Crippen molar-refractivity contribution in [2.24, 2.45) is 17.8 Å². The number of carbonyl (C=O) groups is 2. The molecule has 3 aromatic rings. The highest BCUT2D eigenvalue weighted by molar-refractivity contribution is 14.1. The molecule has 9 nitrogen and oxygen atoms in total. The molecular weight excluding hydrogens is 674 g/mol. The maximum atomic E-state index is 13.8. The van der Waals surface area contributed by atoms with E-state index < -0.39 is 19.0 Å². The number of aromatic nitrogens is 1. The number of imide groups is 1. The zero-order chi connectivity index (χ0) is 31.1. The van der Waals surface area contributed by atoms with Crippen molar-refractivity contribution >= 4 is 64.3 Å². The van der Waals surface area contributed by atoms with Crippen molar-refractivity contribution in [2.75, 3.05) is 18.6 Å². The van der Waals surface area contributed by atoms with Gasteiger partial charge in [0.25, 0.3) is 0 Å². The smallest absolute Gasteiger partial charge is 0.488 e. The number of halogens is 1. The maximum absolute atomic E-state index is 13.8. The van der Waals surface area contributed by atoms with Gasteiger partial charge in [0.2, 0.25) is 11.8 Å². The van der Waals surface area contributed by atoms with Crippen molar-refractivity contribution in [3.8, 4) is 11.5 Å². The van der Waals surface area contributed by atoms with Crippen molar-refractivity contribution < 1.29 is 34.2 Å². The predicted octanol–water partition coefficient (Wildman–Crippen LogP) is 3.94. The van der Waals surface area contributed by atoms with Gasteiger partial charge in [-0.15, -0.1) is 0 Å². The quantitative estimate of drug-likeness (QED) is 0.139.